The molecule has 3 aromatic rings. The van der Waals surface area contributed by atoms with Crippen molar-refractivity contribution in [1.29, 1.82) is 0 Å². The maximum Gasteiger partial charge on any atom is 0.322 e. The van der Waals surface area contributed by atoms with Crippen LogP contribution in [0.5, 0.6) is 5.75 Å². The molecule has 5 nitrogen and oxygen atoms in total. The zero-order valence-electron chi connectivity index (χ0n) is 16.3. The van der Waals surface area contributed by atoms with E-state index in [2.05, 4.69) is 22.4 Å². The summed E-state index contributed by atoms with van der Waals surface area (Å²) in [4.78, 5) is 18.6. The molecule has 1 saturated carbocycles. The van der Waals surface area contributed by atoms with Gasteiger partial charge in [0.2, 0.25) is 0 Å². The first-order chi connectivity index (χ1) is 13.7. The van der Waals surface area contributed by atoms with Crippen molar-refractivity contribution in [2.75, 3.05) is 12.4 Å². The number of aromatic amines is 1. The summed E-state index contributed by atoms with van der Waals surface area (Å²) >= 11 is 0. The van der Waals surface area contributed by atoms with Crippen molar-refractivity contribution in [3.63, 3.8) is 0 Å². The van der Waals surface area contributed by atoms with Crippen LogP contribution in [0.25, 0.3) is 10.9 Å². The SMILES string of the molecule is COc1cccc(NC(=O)N(Cc2c[nH]c3ccccc23)C2CCCCC2)c1. The molecule has 1 fully saturated rings. The van der Waals surface area contributed by atoms with Crippen LogP contribution in [-0.4, -0.2) is 29.1 Å². The molecule has 0 aliphatic heterocycles. The number of methoxy groups -OCH3 is 1. The third-order valence-corrected chi connectivity index (χ3v) is 5.61. The maximum atomic E-state index is 13.2. The molecular weight excluding hydrogens is 350 g/mol. The first-order valence-corrected chi connectivity index (χ1v) is 10.0. The van der Waals surface area contributed by atoms with Gasteiger partial charge >= 0.3 is 6.03 Å². The number of ether oxygens (including phenoxy) is 1. The third kappa shape index (κ3) is 3.98. The second kappa shape index (κ2) is 8.38. The van der Waals surface area contributed by atoms with Crippen molar-refractivity contribution >= 4 is 22.6 Å². The second-order valence-corrected chi connectivity index (χ2v) is 7.44. The van der Waals surface area contributed by atoms with E-state index in [9.17, 15) is 4.79 Å². The highest BCUT2D eigenvalue weighted by Crippen LogP contribution is 2.27. The van der Waals surface area contributed by atoms with Crippen LogP contribution in [0.2, 0.25) is 0 Å². The predicted octanol–water partition coefficient (Wildman–Crippen LogP) is 5.54. The Morgan fingerprint density at radius 2 is 1.96 bits per heavy atom. The molecule has 4 rings (SSSR count). The van der Waals surface area contributed by atoms with Gasteiger partial charge in [-0.1, -0.05) is 43.5 Å². The Labute approximate surface area is 165 Å². The number of benzene rings is 2. The van der Waals surface area contributed by atoms with Gasteiger partial charge in [0.15, 0.2) is 0 Å². The van der Waals surface area contributed by atoms with Crippen LogP contribution in [0.4, 0.5) is 10.5 Å². The predicted molar refractivity (Wildman–Crippen MR) is 113 cm³/mol. The number of H-pyrrole nitrogens is 1. The van der Waals surface area contributed by atoms with Gasteiger partial charge < -0.3 is 19.9 Å². The number of nitrogens with zero attached hydrogens (tertiary/aromatic N) is 1. The topological polar surface area (TPSA) is 57.4 Å². The Morgan fingerprint density at radius 1 is 1.14 bits per heavy atom. The Kier molecular flexibility index (Phi) is 5.51. The van der Waals surface area contributed by atoms with Crippen molar-refractivity contribution in [3.05, 3.63) is 60.3 Å². The molecule has 0 unspecified atom stereocenters. The highest BCUT2D eigenvalue weighted by atomic mass is 16.5. The summed E-state index contributed by atoms with van der Waals surface area (Å²) in [5.41, 5.74) is 3.01. The van der Waals surface area contributed by atoms with Crippen LogP contribution in [0, 0.1) is 0 Å². The highest BCUT2D eigenvalue weighted by molar-refractivity contribution is 5.90. The van der Waals surface area contributed by atoms with Crippen LogP contribution >= 0.6 is 0 Å². The van der Waals surface area contributed by atoms with Crippen molar-refractivity contribution in [2.24, 2.45) is 0 Å². The Morgan fingerprint density at radius 3 is 2.79 bits per heavy atom. The van der Waals surface area contributed by atoms with Gasteiger partial charge in [0.05, 0.1) is 7.11 Å². The number of hydrogen-bond acceptors (Lipinski definition) is 2. The van der Waals surface area contributed by atoms with Gasteiger partial charge in [-0.3, -0.25) is 0 Å². The number of para-hydroxylation sites is 1. The number of hydrogen-bond donors (Lipinski definition) is 2. The Balaban J connectivity index is 1.58. The zero-order valence-corrected chi connectivity index (χ0v) is 16.3. The summed E-state index contributed by atoms with van der Waals surface area (Å²) in [6.45, 7) is 0.602. The molecule has 1 aliphatic carbocycles. The summed E-state index contributed by atoms with van der Waals surface area (Å²) in [5.74, 6) is 0.735. The van der Waals surface area contributed by atoms with Gasteiger partial charge in [0, 0.05) is 41.4 Å². The van der Waals surface area contributed by atoms with Crippen molar-refractivity contribution in [1.82, 2.24) is 9.88 Å². The molecule has 2 aromatic carbocycles. The van der Waals surface area contributed by atoms with E-state index in [1.807, 2.05) is 47.5 Å². The molecular formula is C23H27N3O2. The molecule has 1 aliphatic rings. The minimum atomic E-state index is -0.0505. The van der Waals surface area contributed by atoms with Gasteiger partial charge in [-0.25, -0.2) is 4.79 Å². The highest BCUT2D eigenvalue weighted by Gasteiger charge is 2.26. The smallest absolute Gasteiger partial charge is 0.322 e. The quantitative estimate of drug-likeness (QED) is 0.613. The van der Waals surface area contributed by atoms with Crippen LogP contribution in [0.15, 0.2) is 54.7 Å². The van der Waals surface area contributed by atoms with E-state index in [1.54, 1.807) is 7.11 Å². The van der Waals surface area contributed by atoms with E-state index >= 15 is 0 Å². The number of urea groups is 1. The normalized spacial score (nSPS) is 14.8. The molecule has 0 saturated heterocycles. The minimum Gasteiger partial charge on any atom is -0.497 e. The number of carbonyl (C=O) groups excluding carboxylic acids is 1. The molecule has 1 heterocycles. The summed E-state index contributed by atoms with van der Waals surface area (Å²) in [5, 5.41) is 4.25. The molecule has 0 spiro atoms. The zero-order chi connectivity index (χ0) is 19.3. The third-order valence-electron chi connectivity index (χ3n) is 5.61. The van der Waals surface area contributed by atoms with Crippen LogP contribution in [0.3, 0.4) is 0 Å². The van der Waals surface area contributed by atoms with Crippen LogP contribution in [-0.2, 0) is 6.54 Å². The lowest BCUT2D eigenvalue weighted by atomic mass is 9.94. The lowest BCUT2D eigenvalue weighted by Crippen LogP contribution is -2.43. The first kappa shape index (κ1) is 18.4. The fourth-order valence-corrected chi connectivity index (χ4v) is 4.10. The van der Waals surface area contributed by atoms with Crippen molar-refractivity contribution in [2.45, 2.75) is 44.7 Å². The number of nitrogens with one attached hydrogen (secondary N) is 2. The average molecular weight is 377 g/mol. The number of aromatic nitrogens is 1. The number of anilines is 1. The van der Waals surface area contributed by atoms with Gasteiger partial charge in [0.25, 0.3) is 0 Å². The summed E-state index contributed by atoms with van der Waals surface area (Å²) in [7, 11) is 1.63. The molecule has 146 valence electrons. The summed E-state index contributed by atoms with van der Waals surface area (Å²) < 4.78 is 5.28. The van der Waals surface area contributed by atoms with Gasteiger partial charge in [-0.2, -0.15) is 0 Å². The van der Waals surface area contributed by atoms with Crippen molar-refractivity contribution < 1.29 is 9.53 Å². The molecule has 2 amide bonds. The fraction of sp³-hybridized carbons (Fsp3) is 0.348. The van der Waals surface area contributed by atoms with Crippen LogP contribution < -0.4 is 10.1 Å². The van der Waals surface area contributed by atoms with E-state index in [4.69, 9.17) is 4.74 Å². The largest absolute Gasteiger partial charge is 0.497 e. The van der Waals surface area contributed by atoms with E-state index in [-0.39, 0.29) is 12.1 Å². The number of fused-ring (bicyclic) bond motifs is 1. The number of rotatable bonds is 5. The monoisotopic (exact) mass is 377 g/mol. The maximum absolute atomic E-state index is 13.2. The molecule has 5 heteroatoms. The molecule has 0 bridgehead atoms. The molecule has 0 atom stereocenters. The van der Waals surface area contributed by atoms with Gasteiger partial charge in [0.1, 0.15) is 5.75 Å². The Hall–Kier alpha value is -2.95. The summed E-state index contributed by atoms with van der Waals surface area (Å²) in [6, 6.07) is 16.0. The van der Waals surface area contributed by atoms with E-state index in [0.717, 1.165) is 35.4 Å². The summed E-state index contributed by atoms with van der Waals surface area (Å²) in [6.07, 6.45) is 7.78. The average Bonchev–Trinajstić information content (AvgIpc) is 3.15. The second-order valence-electron chi connectivity index (χ2n) is 7.44. The standard InChI is InChI=1S/C23H27N3O2/c1-28-20-11-7-8-18(14-20)25-23(27)26(19-9-3-2-4-10-19)16-17-15-24-22-13-6-5-12-21(17)22/h5-8,11-15,19,24H,2-4,9-10,16H2,1H3,(H,25,27). The van der Waals surface area contributed by atoms with E-state index in [1.165, 1.54) is 24.6 Å². The molecule has 2 N–H and O–H groups in total. The first-order valence-electron chi connectivity index (χ1n) is 10.0. The van der Waals surface area contributed by atoms with Gasteiger partial charge in [-0.05, 0) is 36.6 Å². The van der Waals surface area contributed by atoms with E-state index in [0.29, 0.717) is 6.54 Å². The van der Waals surface area contributed by atoms with E-state index < -0.39 is 0 Å². The minimum absolute atomic E-state index is 0.0505. The van der Waals surface area contributed by atoms with Crippen LogP contribution in [0.1, 0.15) is 37.7 Å². The molecule has 28 heavy (non-hydrogen) atoms. The van der Waals surface area contributed by atoms with Crippen molar-refractivity contribution in [3.8, 4) is 5.75 Å². The lowest BCUT2D eigenvalue weighted by Gasteiger charge is -2.34. The molecule has 0 radical (unpaired) electrons. The van der Waals surface area contributed by atoms with Gasteiger partial charge in [-0.15, -0.1) is 0 Å². The molecule has 1 aromatic heterocycles. The Bertz CT molecular complexity index is 944. The number of amides is 2. The number of carbonyl (C=O) groups is 1. The lowest BCUT2D eigenvalue weighted by molar-refractivity contribution is 0.163. The fourth-order valence-electron chi connectivity index (χ4n) is 4.10.